The van der Waals surface area contributed by atoms with Gasteiger partial charge in [0.05, 0.1) is 21.7 Å². The Kier molecular flexibility index (Phi) is 8.02. The molecule has 1 aromatic heterocycles. The number of aromatic nitrogens is 1. The summed E-state index contributed by atoms with van der Waals surface area (Å²) in [5, 5.41) is 0.838. The lowest BCUT2D eigenvalue weighted by molar-refractivity contribution is 0.100. The molecule has 1 amide bonds. The molecule has 1 saturated heterocycles. The van der Waals surface area contributed by atoms with Gasteiger partial charge in [-0.1, -0.05) is 24.3 Å². The van der Waals surface area contributed by atoms with Crippen molar-refractivity contribution >= 4 is 36.9 Å². The maximum atomic E-state index is 13.6. The number of sulfonamides is 2. The van der Waals surface area contributed by atoms with Crippen LogP contribution in [0.3, 0.4) is 0 Å². The summed E-state index contributed by atoms with van der Waals surface area (Å²) in [5.74, 6) is -1.06. The van der Waals surface area contributed by atoms with E-state index < -0.39 is 31.8 Å². The van der Waals surface area contributed by atoms with Crippen molar-refractivity contribution in [1.29, 1.82) is 0 Å². The maximum Gasteiger partial charge on any atom is 0.250 e. The highest BCUT2D eigenvalue weighted by Crippen LogP contribution is 2.37. The second-order valence-electron chi connectivity index (χ2n) is 10.1. The predicted molar refractivity (Wildman–Crippen MR) is 156 cm³/mol. The van der Waals surface area contributed by atoms with E-state index in [1.165, 1.54) is 22.5 Å². The molecule has 3 aromatic carbocycles. The standard InChI is InChI=1S/C29H31FN4O5S2/c1-2-40(36,37)34-11-9-20(10-12-34)27-18-32-28-25(27)14-22(15-26(28)29(31)35)21-6-3-5-19(13-21)17-33-41(38,39)24-8-4-7-23(30)16-24/h3-8,13-16,18,20,32-33H,2,9-12,17H2,1H3,(H2,31,35). The average molecular weight is 599 g/mol. The summed E-state index contributed by atoms with van der Waals surface area (Å²) >= 11 is 0. The fourth-order valence-corrected chi connectivity index (χ4v) is 7.52. The largest absolute Gasteiger partial charge is 0.366 e. The van der Waals surface area contributed by atoms with Crippen LogP contribution in [0.2, 0.25) is 0 Å². The highest BCUT2D eigenvalue weighted by atomic mass is 32.2. The van der Waals surface area contributed by atoms with Crippen LogP contribution in [0.1, 0.15) is 47.2 Å². The van der Waals surface area contributed by atoms with Crippen molar-refractivity contribution in [2.45, 2.75) is 37.1 Å². The van der Waals surface area contributed by atoms with Crippen LogP contribution in [0.25, 0.3) is 22.0 Å². The van der Waals surface area contributed by atoms with Gasteiger partial charge in [0, 0.05) is 31.2 Å². The molecule has 12 heteroatoms. The van der Waals surface area contributed by atoms with Crippen LogP contribution in [0.5, 0.6) is 0 Å². The molecule has 0 aliphatic carbocycles. The summed E-state index contributed by atoms with van der Waals surface area (Å²) < 4.78 is 67.5. The Labute approximate surface area is 238 Å². The molecule has 216 valence electrons. The van der Waals surface area contributed by atoms with Crippen LogP contribution in [-0.2, 0) is 26.6 Å². The zero-order valence-corrected chi connectivity index (χ0v) is 24.1. The number of hydrogen-bond donors (Lipinski definition) is 3. The van der Waals surface area contributed by atoms with Crippen LogP contribution in [0.4, 0.5) is 4.39 Å². The zero-order valence-electron chi connectivity index (χ0n) is 22.4. The lowest BCUT2D eigenvalue weighted by Gasteiger charge is -2.31. The first-order chi connectivity index (χ1) is 19.5. The Morgan fingerprint density at radius 1 is 1.02 bits per heavy atom. The van der Waals surface area contributed by atoms with Gasteiger partial charge in [0.15, 0.2) is 0 Å². The molecule has 2 heterocycles. The van der Waals surface area contributed by atoms with E-state index in [0.29, 0.717) is 42.6 Å². The van der Waals surface area contributed by atoms with Crippen molar-refractivity contribution in [2.75, 3.05) is 18.8 Å². The van der Waals surface area contributed by atoms with Crippen LogP contribution in [-0.4, -0.2) is 50.9 Å². The fraction of sp³-hybridized carbons (Fsp3) is 0.276. The lowest BCUT2D eigenvalue weighted by Crippen LogP contribution is -2.38. The number of carbonyl (C=O) groups is 1. The first kappa shape index (κ1) is 28.9. The van der Waals surface area contributed by atoms with Crippen molar-refractivity contribution in [1.82, 2.24) is 14.0 Å². The van der Waals surface area contributed by atoms with Crippen molar-refractivity contribution in [3.8, 4) is 11.1 Å². The van der Waals surface area contributed by atoms with E-state index in [0.717, 1.165) is 28.1 Å². The highest BCUT2D eigenvalue weighted by Gasteiger charge is 2.29. The summed E-state index contributed by atoms with van der Waals surface area (Å²) in [7, 11) is -7.18. The smallest absolute Gasteiger partial charge is 0.250 e. The molecule has 0 unspecified atom stereocenters. The van der Waals surface area contributed by atoms with E-state index in [-0.39, 0.29) is 23.1 Å². The SMILES string of the molecule is CCS(=O)(=O)N1CCC(c2c[nH]c3c(C(N)=O)cc(-c4cccc(CNS(=O)(=O)c5cccc(F)c5)c4)cc23)CC1. The van der Waals surface area contributed by atoms with Gasteiger partial charge < -0.3 is 10.7 Å². The summed E-state index contributed by atoms with van der Waals surface area (Å²) in [6.45, 7) is 2.49. The molecule has 0 saturated carbocycles. The van der Waals surface area contributed by atoms with Crippen LogP contribution < -0.4 is 10.5 Å². The van der Waals surface area contributed by atoms with Gasteiger partial charge in [0.2, 0.25) is 20.0 Å². The molecule has 4 N–H and O–H groups in total. The zero-order chi connectivity index (χ0) is 29.4. The van der Waals surface area contributed by atoms with Gasteiger partial charge in [-0.25, -0.2) is 30.3 Å². The maximum absolute atomic E-state index is 13.6. The van der Waals surface area contributed by atoms with E-state index in [1.807, 2.05) is 24.4 Å². The molecule has 4 aromatic rings. The van der Waals surface area contributed by atoms with E-state index >= 15 is 0 Å². The molecule has 41 heavy (non-hydrogen) atoms. The second kappa shape index (κ2) is 11.4. The topological polar surface area (TPSA) is 142 Å². The number of piperidine rings is 1. The Balaban J connectivity index is 1.44. The molecule has 0 bridgehead atoms. The minimum Gasteiger partial charge on any atom is -0.366 e. The number of fused-ring (bicyclic) bond motifs is 1. The van der Waals surface area contributed by atoms with Crippen molar-refractivity contribution in [3.05, 3.63) is 89.4 Å². The number of nitrogens with one attached hydrogen (secondary N) is 2. The Morgan fingerprint density at radius 2 is 1.76 bits per heavy atom. The van der Waals surface area contributed by atoms with E-state index in [2.05, 4.69) is 9.71 Å². The molecule has 0 atom stereocenters. The molecular weight excluding hydrogens is 567 g/mol. The van der Waals surface area contributed by atoms with Gasteiger partial charge in [-0.2, -0.15) is 0 Å². The number of hydrogen-bond acceptors (Lipinski definition) is 5. The average Bonchev–Trinajstić information content (AvgIpc) is 3.40. The molecule has 1 aliphatic heterocycles. The third kappa shape index (κ3) is 6.05. The Hall–Kier alpha value is -3.58. The number of halogens is 1. The number of primary amides is 1. The van der Waals surface area contributed by atoms with Gasteiger partial charge in [0.25, 0.3) is 5.91 Å². The number of H-pyrrole nitrogens is 1. The number of nitrogens with zero attached hydrogens (tertiary/aromatic N) is 1. The molecular formula is C29H31FN4O5S2. The quantitative estimate of drug-likeness (QED) is 0.266. The van der Waals surface area contributed by atoms with Crippen molar-refractivity contribution in [2.24, 2.45) is 5.73 Å². The van der Waals surface area contributed by atoms with Gasteiger partial charge in [0.1, 0.15) is 5.82 Å². The van der Waals surface area contributed by atoms with Crippen molar-refractivity contribution < 1.29 is 26.0 Å². The normalized spacial score (nSPS) is 15.4. The van der Waals surface area contributed by atoms with Gasteiger partial charge in [-0.15, -0.1) is 0 Å². The molecule has 0 spiro atoms. The van der Waals surface area contributed by atoms with E-state index in [9.17, 15) is 26.0 Å². The summed E-state index contributed by atoms with van der Waals surface area (Å²) in [4.78, 5) is 15.5. The van der Waals surface area contributed by atoms with E-state index in [4.69, 9.17) is 5.73 Å². The summed E-state index contributed by atoms with van der Waals surface area (Å²) in [6.07, 6.45) is 3.18. The number of nitrogens with two attached hydrogens (primary N) is 1. The highest BCUT2D eigenvalue weighted by molar-refractivity contribution is 7.89. The summed E-state index contributed by atoms with van der Waals surface area (Å²) in [6, 6.07) is 15.7. The minimum absolute atomic E-state index is 0.0216. The molecule has 9 nitrogen and oxygen atoms in total. The molecule has 1 fully saturated rings. The Morgan fingerprint density at radius 3 is 2.44 bits per heavy atom. The van der Waals surface area contributed by atoms with Crippen LogP contribution >= 0.6 is 0 Å². The number of rotatable bonds is 9. The number of aromatic amines is 1. The molecule has 5 rings (SSSR count). The first-order valence-corrected chi connectivity index (χ1v) is 16.3. The predicted octanol–water partition coefficient (Wildman–Crippen LogP) is 4.08. The van der Waals surface area contributed by atoms with Gasteiger partial charge >= 0.3 is 0 Å². The first-order valence-electron chi connectivity index (χ1n) is 13.3. The third-order valence-electron chi connectivity index (χ3n) is 7.57. The summed E-state index contributed by atoms with van der Waals surface area (Å²) in [5.41, 5.74) is 9.85. The molecule has 1 aliphatic rings. The minimum atomic E-state index is -3.93. The third-order valence-corrected chi connectivity index (χ3v) is 10.9. The van der Waals surface area contributed by atoms with Crippen LogP contribution in [0, 0.1) is 5.82 Å². The fourth-order valence-electron chi connectivity index (χ4n) is 5.34. The lowest BCUT2D eigenvalue weighted by atomic mass is 9.88. The second-order valence-corrected chi connectivity index (χ2v) is 14.1. The van der Waals surface area contributed by atoms with Crippen LogP contribution in [0.15, 0.2) is 71.8 Å². The van der Waals surface area contributed by atoms with Crippen molar-refractivity contribution in [3.63, 3.8) is 0 Å². The number of amides is 1. The van der Waals surface area contributed by atoms with E-state index in [1.54, 1.807) is 25.1 Å². The number of benzene rings is 3. The molecule has 0 radical (unpaired) electrons. The number of carbonyl (C=O) groups excluding carboxylic acids is 1. The Bertz CT molecular complexity index is 1830. The monoisotopic (exact) mass is 598 g/mol. The van der Waals surface area contributed by atoms with Gasteiger partial charge in [-0.05, 0) is 84.3 Å². The van der Waals surface area contributed by atoms with Gasteiger partial charge in [-0.3, -0.25) is 4.79 Å².